The number of aliphatic imine (C=N–C) groups is 3. The molecule has 1 saturated carbocycles. The third kappa shape index (κ3) is 6.71. The quantitative estimate of drug-likeness (QED) is 0.347. The summed E-state index contributed by atoms with van der Waals surface area (Å²) in [6.07, 6.45) is 1.48. The molecule has 2 aromatic rings. The van der Waals surface area contributed by atoms with Crippen molar-refractivity contribution in [2.45, 2.75) is 37.6 Å². The van der Waals surface area contributed by atoms with E-state index in [4.69, 9.17) is 15.2 Å². The van der Waals surface area contributed by atoms with Gasteiger partial charge in [-0.2, -0.15) is 10.5 Å². The molecule has 2 N–H and O–H groups in total. The van der Waals surface area contributed by atoms with E-state index in [-0.39, 0.29) is 42.6 Å². The molecule has 3 heterocycles. The average molecular weight is 626 g/mol. The molecule has 12 nitrogen and oxygen atoms in total. The van der Waals surface area contributed by atoms with Gasteiger partial charge in [0, 0.05) is 50.4 Å². The summed E-state index contributed by atoms with van der Waals surface area (Å²) in [5.74, 6) is 0.149. The van der Waals surface area contributed by atoms with Crippen LogP contribution in [0.1, 0.15) is 30.4 Å². The first-order valence-electron chi connectivity index (χ1n) is 15.5. The van der Waals surface area contributed by atoms with E-state index in [1.807, 2.05) is 12.1 Å². The smallest absolute Gasteiger partial charge is 0.243 e. The Hall–Kier alpha value is -4.85. The Bertz CT molecular complexity index is 1600. The predicted molar refractivity (Wildman–Crippen MR) is 171 cm³/mol. The fraction of sp³-hybridized carbons (Fsp3) is 0.455. The number of hydrogen-bond donors (Lipinski definition) is 1. The highest BCUT2D eigenvalue weighted by molar-refractivity contribution is 6.06. The Balaban J connectivity index is 1.07. The molecule has 13 heteroatoms. The molecule has 0 bridgehead atoms. The number of hydrogen-bond acceptors (Lipinski definition) is 8. The average Bonchev–Trinajstić information content (AvgIpc) is 3.86. The maximum Gasteiger partial charge on any atom is 0.243 e. The number of amides is 1. The fourth-order valence-corrected chi connectivity index (χ4v) is 5.96. The van der Waals surface area contributed by atoms with Crippen LogP contribution in [0.2, 0.25) is 0 Å². The van der Waals surface area contributed by atoms with E-state index in [1.54, 1.807) is 18.2 Å². The number of anilines is 1. The maximum atomic E-state index is 15.1. The van der Waals surface area contributed by atoms with Crippen LogP contribution in [0.25, 0.3) is 0 Å². The summed E-state index contributed by atoms with van der Waals surface area (Å²) < 4.78 is 26.3. The van der Waals surface area contributed by atoms with Crippen molar-refractivity contribution < 1.29 is 18.7 Å². The van der Waals surface area contributed by atoms with E-state index in [2.05, 4.69) is 49.0 Å². The number of alkyl halides is 1. The van der Waals surface area contributed by atoms with E-state index in [0.717, 1.165) is 57.1 Å². The number of amidine groups is 1. The van der Waals surface area contributed by atoms with Gasteiger partial charge in [0.05, 0.1) is 49.5 Å². The summed E-state index contributed by atoms with van der Waals surface area (Å²) in [7, 11) is 0. The van der Waals surface area contributed by atoms with Crippen LogP contribution in [-0.2, 0) is 9.53 Å². The number of piperidine rings is 1. The van der Waals surface area contributed by atoms with Crippen LogP contribution in [-0.4, -0.2) is 105 Å². The molecular formula is C33H36FN9O3. The number of nitriles is 2. The molecule has 0 aromatic heterocycles. The van der Waals surface area contributed by atoms with Crippen molar-refractivity contribution in [3.05, 3.63) is 53.6 Å². The van der Waals surface area contributed by atoms with Crippen LogP contribution in [0.5, 0.6) is 5.75 Å². The van der Waals surface area contributed by atoms with Crippen molar-refractivity contribution in [2.75, 3.05) is 57.4 Å². The van der Waals surface area contributed by atoms with Gasteiger partial charge in [-0.1, -0.05) is 0 Å². The zero-order chi connectivity index (χ0) is 32.1. The molecule has 238 valence electrons. The van der Waals surface area contributed by atoms with Crippen molar-refractivity contribution in [2.24, 2.45) is 26.1 Å². The van der Waals surface area contributed by atoms with Crippen molar-refractivity contribution in [3.8, 4) is 17.9 Å². The highest BCUT2D eigenvalue weighted by Crippen LogP contribution is 2.47. The number of nitrogens with two attached hydrogens (primary N) is 1. The number of carbonyl (C=O) groups excluding carboxylic acids is 1. The molecule has 6 rings (SSSR count). The van der Waals surface area contributed by atoms with Gasteiger partial charge in [0.2, 0.25) is 5.91 Å². The largest absolute Gasteiger partial charge is 0.486 e. The van der Waals surface area contributed by atoms with Crippen LogP contribution in [0, 0.1) is 28.1 Å². The van der Waals surface area contributed by atoms with Gasteiger partial charge in [-0.05, 0) is 55.3 Å². The number of ether oxygens (including phenoxy) is 2. The fourth-order valence-electron chi connectivity index (χ4n) is 5.96. The minimum Gasteiger partial charge on any atom is -0.486 e. The van der Waals surface area contributed by atoms with Crippen molar-refractivity contribution in [1.82, 2.24) is 9.80 Å². The first-order valence-corrected chi connectivity index (χ1v) is 15.5. The van der Waals surface area contributed by atoms with E-state index < -0.39 is 17.7 Å². The van der Waals surface area contributed by atoms with E-state index in [9.17, 15) is 15.3 Å². The molecule has 4 aliphatic rings. The van der Waals surface area contributed by atoms with Gasteiger partial charge in [0.15, 0.2) is 12.0 Å². The topological polar surface area (TPSA) is 156 Å². The van der Waals surface area contributed by atoms with Crippen molar-refractivity contribution in [1.29, 1.82) is 10.5 Å². The normalized spacial score (nSPS) is 23.6. The summed E-state index contributed by atoms with van der Waals surface area (Å²) in [4.78, 5) is 31.9. The Morgan fingerprint density at radius 3 is 2.46 bits per heavy atom. The summed E-state index contributed by atoms with van der Waals surface area (Å²) in [5, 5.41) is 19.1. The van der Waals surface area contributed by atoms with Gasteiger partial charge in [0.25, 0.3) is 0 Å². The molecule has 3 saturated heterocycles. The number of rotatable bonds is 8. The second-order valence-corrected chi connectivity index (χ2v) is 11.9. The molecule has 3 aliphatic heterocycles. The van der Waals surface area contributed by atoms with Gasteiger partial charge in [-0.25, -0.2) is 19.4 Å². The third-order valence-electron chi connectivity index (χ3n) is 9.03. The summed E-state index contributed by atoms with van der Waals surface area (Å²) >= 11 is 0. The van der Waals surface area contributed by atoms with Crippen LogP contribution < -0.4 is 15.4 Å². The van der Waals surface area contributed by atoms with Gasteiger partial charge in [-0.15, -0.1) is 0 Å². The SMILES string of the molecule is N#Cc1cc(C(N=CN)=NC=Nc2ccc(N3CCN(C4COC4)CC3)cc2)ccc1O[C@H]1CCN(C(=O)C2(C#N)CC2)C[C@H]1F. The van der Waals surface area contributed by atoms with Crippen LogP contribution in [0.15, 0.2) is 57.4 Å². The standard InChI is InChI=1S/C33H36FN9O3/c34-28-17-43(32(44)33(20-36)8-9-33)10-7-30(28)46-29-6-1-23(15-24(29)16-35)31(38-21-37)40-22-39-25-2-4-26(5-3-25)41-11-13-42(14-12-41)27-18-45-19-27/h1-6,15,21-22,27-28,30H,7-14,17-19H2,(H2,37,38,39,40)/t28-,30+/m1/s1. The molecule has 2 aromatic carbocycles. The molecule has 46 heavy (non-hydrogen) atoms. The van der Waals surface area contributed by atoms with Crippen molar-refractivity contribution >= 4 is 35.8 Å². The van der Waals surface area contributed by atoms with E-state index >= 15 is 4.39 Å². The molecule has 4 fully saturated rings. The van der Waals surface area contributed by atoms with Crippen LogP contribution in [0.4, 0.5) is 15.8 Å². The Morgan fingerprint density at radius 1 is 1.09 bits per heavy atom. The Morgan fingerprint density at radius 2 is 1.85 bits per heavy atom. The summed E-state index contributed by atoms with van der Waals surface area (Å²) in [6, 6.07) is 17.5. The predicted octanol–water partition coefficient (Wildman–Crippen LogP) is 2.79. The Labute approximate surface area is 267 Å². The van der Waals surface area contributed by atoms with Crippen LogP contribution >= 0.6 is 0 Å². The number of likely N-dealkylation sites (tertiary alicyclic amines) is 1. The van der Waals surface area contributed by atoms with Gasteiger partial charge >= 0.3 is 0 Å². The number of halogens is 1. The van der Waals surface area contributed by atoms with Crippen molar-refractivity contribution in [3.63, 3.8) is 0 Å². The molecule has 0 spiro atoms. The lowest BCUT2D eigenvalue weighted by molar-refractivity contribution is -0.138. The zero-order valence-electron chi connectivity index (χ0n) is 25.5. The minimum atomic E-state index is -1.46. The number of piperazine rings is 1. The highest BCUT2D eigenvalue weighted by atomic mass is 19.1. The molecule has 0 unspecified atom stereocenters. The van der Waals surface area contributed by atoms with Gasteiger partial charge in [-0.3, -0.25) is 9.69 Å². The number of nitrogens with zero attached hydrogens (tertiary/aromatic N) is 8. The summed E-state index contributed by atoms with van der Waals surface area (Å²) in [5.41, 5.74) is 7.15. The third-order valence-corrected chi connectivity index (χ3v) is 9.03. The molecule has 2 atom stereocenters. The molecular weight excluding hydrogens is 589 g/mol. The molecule has 1 aliphatic carbocycles. The Kier molecular flexibility index (Phi) is 9.24. The summed E-state index contributed by atoms with van der Waals surface area (Å²) in [6.45, 7) is 5.80. The monoisotopic (exact) mass is 625 g/mol. The minimum absolute atomic E-state index is 0.148. The first kappa shape index (κ1) is 31.1. The first-order chi connectivity index (χ1) is 22.4. The van der Waals surface area contributed by atoms with Crippen LogP contribution in [0.3, 0.4) is 0 Å². The zero-order valence-corrected chi connectivity index (χ0v) is 25.5. The highest BCUT2D eigenvalue weighted by Gasteiger charge is 2.53. The second kappa shape index (κ2) is 13.6. The maximum absolute atomic E-state index is 15.1. The lowest BCUT2D eigenvalue weighted by Gasteiger charge is -2.43. The lowest BCUT2D eigenvalue weighted by atomic mass is 10.0. The molecule has 0 radical (unpaired) electrons. The van der Waals surface area contributed by atoms with E-state index in [1.165, 1.54) is 11.2 Å². The van der Waals surface area contributed by atoms with Gasteiger partial charge in [0.1, 0.15) is 29.7 Å². The number of benzene rings is 2. The van der Waals surface area contributed by atoms with E-state index in [0.29, 0.717) is 24.4 Å². The lowest BCUT2D eigenvalue weighted by Crippen LogP contribution is -2.56. The number of carbonyl (C=O) groups is 1. The second-order valence-electron chi connectivity index (χ2n) is 11.9. The molecule has 1 amide bonds. The van der Waals surface area contributed by atoms with Gasteiger partial charge < -0.3 is 25.0 Å².